The number of nitrogens with one attached hydrogen (secondary N) is 2. The van der Waals surface area contributed by atoms with Crippen molar-refractivity contribution in [2.45, 2.75) is 6.10 Å². The van der Waals surface area contributed by atoms with E-state index in [2.05, 4.69) is 5.32 Å². The predicted molar refractivity (Wildman–Crippen MR) is 81.3 cm³/mol. The van der Waals surface area contributed by atoms with Gasteiger partial charge in [0, 0.05) is 6.54 Å². The maximum absolute atomic E-state index is 13.4. The summed E-state index contributed by atoms with van der Waals surface area (Å²) in [6.07, 6.45) is -1.06. The molecule has 128 valence electrons. The van der Waals surface area contributed by atoms with Gasteiger partial charge in [0.05, 0.1) is 0 Å². The summed E-state index contributed by atoms with van der Waals surface area (Å²) >= 11 is 0. The number of carbonyl (C=O) groups excluding carboxylic acids is 1. The first-order valence-electron chi connectivity index (χ1n) is 7.01. The molecule has 2 aromatic rings. The number of rotatable bonds is 6. The summed E-state index contributed by atoms with van der Waals surface area (Å²) < 4.78 is 44.7. The van der Waals surface area contributed by atoms with Gasteiger partial charge in [0.15, 0.2) is 0 Å². The Balaban J connectivity index is 1.76. The zero-order chi connectivity index (χ0) is 17.5. The van der Waals surface area contributed by atoms with Crippen LogP contribution in [0.1, 0.15) is 0 Å². The minimum absolute atomic E-state index is 0.153. The zero-order valence-electron chi connectivity index (χ0n) is 12.4. The van der Waals surface area contributed by atoms with E-state index in [9.17, 15) is 23.1 Å². The Hall–Kier alpha value is -2.74. The van der Waals surface area contributed by atoms with Crippen molar-refractivity contribution in [3.8, 4) is 5.75 Å². The first-order valence-corrected chi connectivity index (χ1v) is 7.01. The van der Waals surface area contributed by atoms with Crippen molar-refractivity contribution >= 4 is 11.7 Å². The van der Waals surface area contributed by atoms with Gasteiger partial charge in [-0.3, -0.25) is 0 Å². The molecule has 1 atom stereocenters. The van der Waals surface area contributed by atoms with Gasteiger partial charge in [-0.1, -0.05) is 6.07 Å². The van der Waals surface area contributed by atoms with E-state index in [4.69, 9.17) is 4.74 Å². The molecule has 0 heterocycles. The smallest absolute Gasteiger partial charge is 0.319 e. The highest BCUT2D eigenvalue weighted by molar-refractivity contribution is 5.89. The Labute approximate surface area is 136 Å². The highest BCUT2D eigenvalue weighted by atomic mass is 19.1. The summed E-state index contributed by atoms with van der Waals surface area (Å²) in [4.78, 5) is 11.6. The fraction of sp³-hybridized carbons (Fsp3) is 0.188. The molecular formula is C16H15F3N2O3. The number of benzene rings is 2. The van der Waals surface area contributed by atoms with Crippen molar-refractivity contribution in [3.05, 3.63) is 59.9 Å². The second-order valence-corrected chi connectivity index (χ2v) is 4.85. The van der Waals surface area contributed by atoms with Crippen molar-refractivity contribution < 1.29 is 27.8 Å². The second kappa shape index (κ2) is 8.21. The van der Waals surface area contributed by atoms with Crippen LogP contribution in [0.15, 0.2) is 42.5 Å². The second-order valence-electron chi connectivity index (χ2n) is 4.85. The molecule has 0 fully saturated rings. The molecular weight excluding hydrogens is 325 g/mol. The monoisotopic (exact) mass is 340 g/mol. The molecule has 0 aliphatic rings. The van der Waals surface area contributed by atoms with Crippen LogP contribution in [0.4, 0.5) is 23.7 Å². The van der Waals surface area contributed by atoms with Crippen LogP contribution in [0, 0.1) is 17.5 Å². The standard InChI is InChI=1S/C16H15F3N2O3/c17-10-4-6-12(7-5-10)24-9-11(22)8-20-16(23)21-15-13(18)2-1-3-14(15)19/h1-7,11,22H,8-9H2,(H2,20,21,23). The maximum atomic E-state index is 13.4. The first kappa shape index (κ1) is 17.6. The van der Waals surface area contributed by atoms with Gasteiger partial charge in [-0.2, -0.15) is 0 Å². The van der Waals surface area contributed by atoms with Crippen LogP contribution >= 0.6 is 0 Å². The van der Waals surface area contributed by atoms with Crippen molar-refractivity contribution in [3.63, 3.8) is 0 Å². The number of anilines is 1. The van der Waals surface area contributed by atoms with Crippen LogP contribution in [0.5, 0.6) is 5.75 Å². The number of ether oxygens (including phenoxy) is 1. The van der Waals surface area contributed by atoms with Gasteiger partial charge < -0.3 is 20.5 Å². The van der Waals surface area contributed by atoms with E-state index in [-0.39, 0.29) is 13.2 Å². The van der Waals surface area contributed by atoms with Crippen molar-refractivity contribution in [2.24, 2.45) is 0 Å². The first-order chi connectivity index (χ1) is 11.5. The molecule has 5 nitrogen and oxygen atoms in total. The van der Waals surface area contributed by atoms with Gasteiger partial charge in [-0.05, 0) is 36.4 Å². The fourth-order valence-electron chi connectivity index (χ4n) is 1.77. The Bertz CT molecular complexity index is 675. The van der Waals surface area contributed by atoms with Gasteiger partial charge >= 0.3 is 6.03 Å². The third kappa shape index (κ3) is 5.17. The molecule has 0 spiro atoms. The van der Waals surface area contributed by atoms with Crippen LogP contribution < -0.4 is 15.4 Å². The summed E-state index contributed by atoms with van der Waals surface area (Å²) in [6.45, 7) is -0.358. The van der Waals surface area contributed by atoms with Crippen molar-refractivity contribution in [1.82, 2.24) is 5.32 Å². The van der Waals surface area contributed by atoms with Crippen LogP contribution in [0.25, 0.3) is 0 Å². The molecule has 8 heteroatoms. The van der Waals surface area contributed by atoms with E-state index in [1.54, 1.807) is 0 Å². The molecule has 2 rings (SSSR count). The predicted octanol–water partition coefficient (Wildman–Crippen LogP) is 2.67. The van der Waals surface area contributed by atoms with Crippen LogP contribution in [-0.2, 0) is 0 Å². The highest BCUT2D eigenvalue weighted by Crippen LogP contribution is 2.17. The number of halogens is 3. The van der Waals surface area contributed by atoms with Crippen LogP contribution in [0.3, 0.4) is 0 Å². The third-order valence-electron chi connectivity index (χ3n) is 2.96. The summed E-state index contributed by atoms with van der Waals surface area (Å²) in [5.41, 5.74) is -0.577. The largest absolute Gasteiger partial charge is 0.491 e. The number of urea groups is 1. The Kier molecular flexibility index (Phi) is 6.02. The zero-order valence-corrected chi connectivity index (χ0v) is 12.4. The van der Waals surface area contributed by atoms with Crippen molar-refractivity contribution in [2.75, 3.05) is 18.5 Å². The van der Waals surface area contributed by atoms with Crippen LogP contribution in [0.2, 0.25) is 0 Å². The summed E-state index contributed by atoms with van der Waals surface area (Å²) in [5, 5.41) is 14.0. The topological polar surface area (TPSA) is 70.6 Å². The number of hydrogen-bond acceptors (Lipinski definition) is 3. The average molecular weight is 340 g/mol. The Morgan fingerprint density at radius 1 is 1.08 bits per heavy atom. The molecule has 0 aliphatic carbocycles. The lowest BCUT2D eigenvalue weighted by molar-refractivity contribution is 0.108. The van der Waals surface area contributed by atoms with Gasteiger partial charge in [0.25, 0.3) is 0 Å². The SMILES string of the molecule is O=C(NCC(O)COc1ccc(F)cc1)Nc1c(F)cccc1F. The summed E-state index contributed by atoms with van der Waals surface area (Å²) in [7, 11) is 0. The lowest BCUT2D eigenvalue weighted by atomic mass is 10.3. The number of amides is 2. The Morgan fingerprint density at radius 3 is 2.33 bits per heavy atom. The molecule has 0 saturated heterocycles. The molecule has 24 heavy (non-hydrogen) atoms. The van der Waals surface area contributed by atoms with Gasteiger partial charge in [0.2, 0.25) is 0 Å². The number of aliphatic hydroxyl groups is 1. The minimum atomic E-state index is -1.06. The van der Waals surface area contributed by atoms with E-state index in [1.165, 1.54) is 30.3 Å². The highest BCUT2D eigenvalue weighted by Gasteiger charge is 2.13. The minimum Gasteiger partial charge on any atom is -0.491 e. The lowest BCUT2D eigenvalue weighted by Crippen LogP contribution is -2.38. The Morgan fingerprint density at radius 2 is 1.71 bits per heavy atom. The fourth-order valence-corrected chi connectivity index (χ4v) is 1.77. The molecule has 2 aromatic carbocycles. The van der Waals surface area contributed by atoms with E-state index < -0.39 is 35.3 Å². The summed E-state index contributed by atoms with van der Waals surface area (Å²) in [5.74, 6) is -1.88. The van der Waals surface area contributed by atoms with E-state index in [0.717, 1.165) is 12.1 Å². The van der Waals surface area contributed by atoms with Crippen LogP contribution in [-0.4, -0.2) is 30.4 Å². The molecule has 0 radical (unpaired) electrons. The molecule has 2 amide bonds. The van der Waals surface area contributed by atoms with Crippen molar-refractivity contribution in [1.29, 1.82) is 0 Å². The summed E-state index contributed by atoms with van der Waals surface area (Å²) in [6, 6.07) is 7.50. The molecule has 1 unspecified atom stereocenters. The number of carbonyl (C=O) groups is 1. The number of hydrogen-bond donors (Lipinski definition) is 3. The average Bonchev–Trinajstić information content (AvgIpc) is 2.56. The van der Waals surface area contributed by atoms with E-state index in [1.807, 2.05) is 5.32 Å². The molecule has 0 bridgehead atoms. The van der Waals surface area contributed by atoms with Gasteiger partial charge in [-0.25, -0.2) is 18.0 Å². The molecule has 0 aromatic heterocycles. The molecule has 0 aliphatic heterocycles. The lowest BCUT2D eigenvalue weighted by Gasteiger charge is -2.14. The van der Waals surface area contributed by atoms with Gasteiger partial charge in [-0.15, -0.1) is 0 Å². The van der Waals surface area contributed by atoms with E-state index in [0.29, 0.717) is 5.75 Å². The van der Waals surface area contributed by atoms with E-state index >= 15 is 0 Å². The van der Waals surface area contributed by atoms with Gasteiger partial charge in [0.1, 0.15) is 41.6 Å². The molecule has 0 saturated carbocycles. The maximum Gasteiger partial charge on any atom is 0.319 e. The molecule has 3 N–H and O–H groups in total. The quantitative estimate of drug-likeness (QED) is 0.757. The number of para-hydroxylation sites is 1. The third-order valence-corrected chi connectivity index (χ3v) is 2.96. The number of aliphatic hydroxyl groups excluding tert-OH is 1. The normalized spacial score (nSPS) is 11.7.